The molecule has 2 aromatic carbocycles. The van der Waals surface area contributed by atoms with Gasteiger partial charge in [0, 0.05) is 29.4 Å². The highest BCUT2D eigenvalue weighted by Crippen LogP contribution is 2.31. The van der Waals surface area contributed by atoms with Crippen LogP contribution in [0.3, 0.4) is 0 Å². The van der Waals surface area contributed by atoms with Crippen molar-refractivity contribution in [3.05, 3.63) is 70.1 Å². The van der Waals surface area contributed by atoms with E-state index in [1.807, 2.05) is 48.5 Å². The zero-order valence-electron chi connectivity index (χ0n) is 18.9. The first kappa shape index (κ1) is 23.3. The minimum Gasteiger partial charge on any atom is -0.493 e. The maximum absolute atomic E-state index is 13.3. The summed E-state index contributed by atoms with van der Waals surface area (Å²) in [6.45, 7) is 4.58. The first-order valence-electron chi connectivity index (χ1n) is 10.8. The van der Waals surface area contributed by atoms with Crippen LogP contribution in [0.4, 0.5) is 0 Å². The highest BCUT2D eigenvalue weighted by molar-refractivity contribution is 7.21. The molecule has 0 aliphatic heterocycles. The molecule has 4 rings (SSSR count). The predicted octanol–water partition coefficient (Wildman–Crippen LogP) is 5.50. The maximum atomic E-state index is 13.3. The number of likely N-dealkylation sites (N-methyl/N-ethyl adjacent to an activating group) is 1. The minimum absolute atomic E-state index is 0.123. The Balaban J connectivity index is 1.61. The molecule has 0 saturated carbocycles. The molecule has 0 N–H and O–H groups in total. The lowest BCUT2D eigenvalue weighted by molar-refractivity contribution is 0.230. The first-order valence-corrected chi connectivity index (χ1v) is 12.0. The van der Waals surface area contributed by atoms with Gasteiger partial charge < -0.3 is 14.4 Å². The van der Waals surface area contributed by atoms with E-state index in [1.165, 1.54) is 11.3 Å². The number of hydrogen-bond acceptors (Lipinski definition) is 6. The van der Waals surface area contributed by atoms with Crippen molar-refractivity contribution in [2.24, 2.45) is 0 Å². The number of aromatic nitrogens is 2. The van der Waals surface area contributed by atoms with Crippen LogP contribution in [0.1, 0.15) is 13.3 Å². The van der Waals surface area contributed by atoms with Crippen LogP contribution in [-0.2, 0) is 0 Å². The van der Waals surface area contributed by atoms with Crippen LogP contribution < -0.4 is 15.0 Å². The predicted molar refractivity (Wildman–Crippen MR) is 135 cm³/mol. The van der Waals surface area contributed by atoms with Gasteiger partial charge in [0.1, 0.15) is 16.3 Å². The molecule has 0 fully saturated rings. The number of benzene rings is 2. The minimum atomic E-state index is -0.123. The number of hydrogen-bond donors (Lipinski definition) is 0. The molecule has 0 saturated heterocycles. The summed E-state index contributed by atoms with van der Waals surface area (Å²) in [6, 6.07) is 14.8. The number of fused-ring (bicyclic) bond motifs is 1. The number of rotatable bonds is 9. The van der Waals surface area contributed by atoms with Gasteiger partial charge in [0.25, 0.3) is 5.56 Å². The van der Waals surface area contributed by atoms with Crippen molar-refractivity contribution in [3.8, 4) is 27.8 Å². The number of thiazole rings is 1. The Bertz CT molecular complexity index is 1300. The van der Waals surface area contributed by atoms with Gasteiger partial charge in [0.05, 0.1) is 18.3 Å². The molecule has 0 aliphatic carbocycles. The smallest absolute Gasteiger partial charge is 0.274 e. The van der Waals surface area contributed by atoms with E-state index in [4.69, 9.17) is 21.1 Å². The largest absolute Gasteiger partial charge is 0.493 e. The fraction of sp³-hybridized carbons (Fsp3) is 0.280. The van der Waals surface area contributed by atoms with Crippen LogP contribution >= 0.6 is 22.9 Å². The van der Waals surface area contributed by atoms with Crippen LogP contribution in [0.5, 0.6) is 11.5 Å². The van der Waals surface area contributed by atoms with E-state index in [0.29, 0.717) is 39.0 Å². The summed E-state index contributed by atoms with van der Waals surface area (Å²) in [4.78, 5) is 20.1. The Morgan fingerprint density at radius 1 is 1.09 bits per heavy atom. The third-order valence-electron chi connectivity index (χ3n) is 5.30. The molecule has 0 amide bonds. The summed E-state index contributed by atoms with van der Waals surface area (Å²) < 4.78 is 13.7. The second-order valence-corrected chi connectivity index (χ2v) is 9.15. The molecule has 6 nitrogen and oxygen atoms in total. The number of ether oxygens (including phenoxy) is 2. The topological polar surface area (TPSA) is 56.6 Å². The van der Waals surface area contributed by atoms with Crippen molar-refractivity contribution in [1.82, 2.24) is 14.5 Å². The lowest BCUT2D eigenvalue weighted by Crippen LogP contribution is -2.25. The van der Waals surface area contributed by atoms with Crippen LogP contribution in [0.15, 0.2) is 59.5 Å². The second-order valence-electron chi connectivity index (χ2n) is 7.72. The van der Waals surface area contributed by atoms with Crippen LogP contribution in [0.25, 0.3) is 26.5 Å². The van der Waals surface area contributed by atoms with Gasteiger partial charge in [0.15, 0.2) is 11.5 Å². The van der Waals surface area contributed by atoms with Crippen LogP contribution in [0, 0.1) is 0 Å². The molecule has 2 aromatic heterocycles. The van der Waals surface area contributed by atoms with E-state index < -0.39 is 0 Å². The number of nitrogens with zero attached hydrogens (tertiary/aromatic N) is 3. The molecule has 0 bridgehead atoms. The fourth-order valence-corrected chi connectivity index (χ4v) is 4.69. The number of halogens is 1. The van der Waals surface area contributed by atoms with E-state index in [1.54, 1.807) is 17.9 Å². The molecular formula is C25H26ClN3O3S. The summed E-state index contributed by atoms with van der Waals surface area (Å²) in [6.07, 6.45) is 2.85. The average molecular weight is 484 g/mol. The highest BCUT2D eigenvalue weighted by atomic mass is 35.5. The highest BCUT2D eigenvalue weighted by Gasteiger charge is 2.14. The fourth-order valence-electron chi connectivity index (χ4n) is 3.57. The quantitative estimate of drug-likeness (QED) is 0.315. The van der Waals surface area contributed by atoms with Crippen LogP contribution in [0.2, 0.25) is 5.02 Å². The molecular weight excluding hydrogens is 458 g/mol. The Hall–Kier alpha value is -2.87. The van der Waals surface area contributed by atoms with Gasteiger partial charge in [-0.2, -0.15) is 0 Å². The van der Waals surface area contributed by atoms with Crippen molar-refractivity contribution in [2.45, 2.75) is 13.3 Å². The third-order valence-corrected chi connectivity index (χ3v) is 6.66. The second kappa shape index (κ2) is 10.4. The van der Waals surface area contributed by atoms with E-state index in [9.17, 15) is 4.79 Å². The molecule has 172 valence electrons. The van der Waals surface area contributed by atoms with Gasteiger partial charge >= 0.3 is 0 Å². The summed E-state index contributed by atoms with van der Waals surface area (Å²) >= 11 is 7.36. The molecule has 0 aliphatic rings. The molecule has 8 heteroatoms. The van der Waals surface area contributed by atoms with Gasteiger partial charge in [-0.05, 0) is 50.3 Å². The molecule has 0 unspecified atom stereocenters. The average Bonchev–Trinajstić information content (AvgIpc) is 3.25. The third kappa shape index (κ3) is 5.21. The van der Waals surface area contributed by atoms with Gasteiger partial charge in [0.2, 0.25) is 0 Å². The molecule has 2 heterocycles. The Morgan fingerprint density at radius 2 is 1.88 bits per heavy atom. The van der Waals surface area contributed by atoms with Crippen molar-refractivity contribution >= 4 is 33.2 Å². The monoisotopic (exact) mass is 483 g/mol. The molecule has 0 atom stereocenters. The van der Waals surface area contributed by atoms with Crippen molar-refractivity contribution in [1.29, 1.82) is 0 Å². The summed E-state index contributed by atoms with van der Waals surface area (Å²) in [5, 5.41) is 1.45. The zero-order chi connectivity index (χ0) is 23.4. The van der Waals surface area contributed by atoms with Gasteiger partial charge in [-0.25, -0.2) is 4.98 Å². The zero-order valence-corrected chi connectivity index (χ0v) is 20.4. The SMILES string of the molecule is CCCN(C)CCOc1ccc(-n2ccc3nc(-c4ccc(Cl)cc4)sc3c2=O)cc1OC. The van der Waals surface area contributed by atoms with Gasteiger partial charge in [-0.1, -0.05) is 30.7 Å². The summed E-state index contributed by atoms with van der Waals surface area (Å²) in [5.41, 5.74) is 2.19. The number of pyridine rings is 1. The van der Waals surface area contributed by atoms with E-state index in [2.05, 4.69) is 23.9 Å². The van der Waals surface area contributed by atoms with Crippen molar-refractivity contribution < 1.29 is 9.47 Å². The van der Waals surface area contributed by atoms with E-state index in [-0.39, 0.29) is 5.56 Å². The molecule has 33 heavy (non-hydrogen) atoms. The Morgan fingerprint density at radius 3 is 2.61 bits per heavy atom. The Labute approximate surface area is 202 Å². The number of methoxy groups -OCH3 is 1. The summed E-state index contributed by atoms with van der Waals surface area (Å²) in [5.74, 6) is 1.24. The molecule has 4 aromatic rings. The van der Waals surface area contributed by atoms with Crippen LogP contribution in [-0.4, -0.2) is 48.3 Å². The van der Waals surface area contributed by atoms with Crippen molar-refractivity contribution in [2.75, 3.05) is 33.9 Å². The maximum Gasteiger partial charge on any atom is 0.274 e. The van der Waals surface area contributed by atoms with Gasteiger partial charge in [-0.3, -0.25) is 9.36 Å². The normalized spacial score (nSPS) is 11.3. The first-order chi connectivity index (χ1) is 16.0. The Kier molecular flexibility index (Phi) is 7.33. The van der Waals surface area contributed by atoms with E-state index >= 15 is 0 Å². The molecule has 0 radical (unpaired) electrons. The molecule has 0 spiro atoms. The van der Waals surface area contributed by atoms with Crippen molar-refractivity contribution in [3.63, 3.8) is 0 Å². The van der Waals surface area contributed by atoms with Gasteiger partial charge in [-0.15, -0.1) is 11.3 Å². The standard InChI is InChI=1S/C25H26ClN3O3S/c1-4-12-28(2)14-15-32-21-10-9-19(16-22(21)31-3)29-13-11-20-23(25(29)30)33-24(27-20)17-5-7-18(26)8-6-17/h5-11,13,16H,4,12,14-15H2,1-3H3. The van der Waals surface area contributed by atoms with E-state index in [0.717, 1.165) is 30.1 Å². The summed E-state index contributed by atoms with van der Waals surface area (Å²) in [7, 11) is 3.68. The lowest BCUT2D eigenvalue weighted by atomic mass is 10.2. The lowest BCUT2D eigenvalue weighted by Gasteiger charge is -2.17.